The van der Waals surface area contributed by atoms with Crippen LogP contribution in [0.15, 0.2) is 0 Å². The van der Waals surface area contributed by atoms with Crippen molar-refractivity contribution < 1.29 is 24.2 Å². The Hall–Kier alpha value is -1.34. The number of carbonyl (C=O) groups is 2. The number of hydrogen-bond acceptors (Lipinski definition) is 4. The molecule has 1 heterocycles. The van der Waals surface area contributed by atoms with Gasteiger partial charge in [0, 0.05) is 26.2 Å². The summed E-state index contributed by atoms with van der Waals surface area (Å²) in [6.07, 6.45) is 1.52. The van der Waals surface area contributed by atoms with Crippen molar-refractivity contribution in [1.82, 2.24) is 10.2 Å². The molecule has 7 heteroatoms. The number of urea groups is 1. The van der Waals surface area contributed by atoms with E-state index in [1.807, 2.05) is 13.8 Å². The quantitative estimate of drug-likeness (QED) is 0.655. The third-order valence-electron chi connectivity index (χ3n) is 3.13. The van der Waals surface area contributed by atoms with Gasteiger partial charge in [0.2, 0.25) is 0 Å². The molecule has 1 atom stereocenters. The van der Waals surface area contributed by atoms with Crippen LogP contribution >= 0.6 is 0 Å². The maximum atomic E-state index is 12.0. The molecule has 1 aliphatic rings. The lowest BCUT2D eigenvalue weighted by Crippen LogP contribution is -2.50. The van der Waals surface area contributed by atoms with E-state index in [-0.39, 0.29) is 18.6 Å². The van der Waals surface area contributed by atoms with Crippen molar-refractivity contribution in [1.29, 1.82) is 0 Å². The fourth-order valence-corrected chi connectivity index (χ4v) is 2.08. The molecule has 2 amide bonds. The molecule has 0 saturated carbocycles. The van der Waals surface area contributed by atoms with E-state index in [1.165, 1.54) is 0 Å². The van der Waals surface area contributed by atoms with Gasteiger partial charge in [-0.1, -0.05) is 0 Å². The summed E-state index contributed by atoms with van der Waals surface area (Å²) < 4.78 is 10.8. The van der Waals surface area contributed by atoms with Crippen molar-refractivity contribution in [3.05, 3.63) is 0 Å². The number of aliphatic carboxylic acids is 1. The van der Waals surface area contributed by atoms with E-state index < -0.39 is 12.1 Å². The average molecular weight is 302 g/mol. The van der Waals surface area contributed by atoms with Gasteiger partial charge in [-0.25, -0.2) is 4.79 Å². The number of carboxylic acids is 1. The van der Waals surface area contributed by atoms with Gasteiger partial charge in [-0.15, -0.1) is 0 Å². The number of carboxylic acid groups (broad SMARTS) is 1. The molecule has 1 fully saturated rings. The normalized spacial score (nSPS) is 18.8. The molecule has 21 heavy (non-hydrogen) atoms. The van der Waals surface area contributed by atoms with Crippen LogP contribution in [0.2, 0.25) is 0 Å². The number of ether oxygens (including phenoxy) is 2. The van der Waals surface area contributed by atoms with Crippen LogP contribution in [-0.4, -0.2) is 67.1 Å². The molecule has 1 unspecified atom stereocenters. The summed E-state index contributed by atoms with van der Waals surface area (Å²) in [6.45, 7) is 6.50. The Labute approximate surface area is 125 Å². The molecule has 1 rings (SSSR count). The van der Waals surface area contributed by atoms with Crippen molar-refractivity contribution >= 4 is 12.0 Å². The topological polar surface area (TPSA) is 88.1 Å². The number of morpholine rings is 1. The Morgan fingerprint density at radius 1 is 1.43 bits per heavy atom. The van der Waals surface area contributed by atoms with E-state index >= 15 is 0 Å². The highest BCUT2D eigenvalue weighted by Gasteiger charge is 2.25. The summed E-state index contributed by atoms with van der Waals surface area (Å²) in [7, 11) is 0. The second-order valence-electron chi connectivity index (χ2n) is 5.40. The zero-order valence-corrected chi connectivity index (χ0v) is 12.8. The minimum Gasteiger partial charge on any atom is -0.481 e. The first kappa shape index (κ1) is 17.7. The van der Waals surface area contributed by atoms with Crippen LogP contribution in [0, 0.1) is 0 Å². The predicted octanol–water partition coefficient (Wildman–Crippen LogP) is 1.08. The number of unbranched alkanes of at least 4 members (excludes halogenated alkanes) is 1. The molecular formula is C14H26N2O5. The molecule has 0 radical (unpaired) electrons. The molecule has 1 saturated heterocycles. The van der Waals surface area contributed by atoms with Gasteiger partial charge in [0.05, 0.1) is 25.2 Å². The Morgan fingerprint density at radius 2 is 2.19 bits per heavy atom. The highest BCUT2D eigenvalue weighted by atomic mass is 16.5. The maximum Gasteiger partial charge on any atom is 0.317 e. The van der Waals surface area contributed by atoms with E-state index in [1.54, 1.807) is 4.90 Å². The zero-order valence-electron chi connectivity index (χ0n) is 12.8. The Bertz CT molecular complexity index is 335. The number of rotatable bonds is 8. The fraction of sp³-hybridized carbons (Fsp3) is 0.857. The lowest BCUT2D eigenvalue weighted by molar-refractivity contribution is -0.141. The smallest absolute Gasteiger partial charge is 0.317 e. The van der Waals surface area contributed by atoms with E-state index in [4.69, 9.17) is 14.6 Å². The Balaban J connectivity index is 2.15. The monoisotopic (exact) mass is 302 g/mol. The van der Waals surface area contributed by atoms with Gasteiger partial charge in [-0.05, 0) is 26.7 Å². The van der Waals surface area contributed by atoms with Crippen molar-refractivity contribution in [2.75, 3.05) is 32.8 Å². The van der Waals surface area contributed by atoms with Gasteiger partial charge in [-0.3, -0.25) is 4.79 Å². The molecule has 0 aromatic heterocycles. The van der Waals surface area contributed by atoms with Gasteiger partial charge in [0.25, 0.3) is 0 Å². The minimum absolute atomic E-state index is 0.0731. The fourth-order valence-electron chi connectivity index (χ4n) is 2.08. The number of nitrogens with one attached hydrogen (secondary N) is 1. The molecule has 0 spiro atoms. The van der Waals surface area contributed by atoms with Gasteiger partial charge >= 0.3 is 12.0 Å². The van der Waals surface area contributed by atoms with Crippen LogP contribution in [0.5, 0.6) is 0 Å². The van der Waals surface area contributed by atoms with Crippen molar-refractivity contribution in [2.24, 2.45) is 0 Å². The van der Waals surface area contributed by atoms with Crippen LogP contribution in [0.25, 0.3) is 0 Å². The van der Waals surface area contributed by atoms with Gasteiger partial charge in [0.1, 0.15) is 0 Å². The zero-order chi connectivity index (χ0) is 15.7. The standard InChI is InChI=1S/C14H26N2O5/c1-11(2)20-7-4-3-5-15-14(19)16-6-8-21-12(10-16)9-13(17)18/h11-12H,3-10H2,1-2H3,(H,15,19)(H,17,18). The molecule has 1 aliphatic heterocycles. The first-order valence-corrected chi connectivity index (χ1v) is 7.46. The van der Waals surface area contributed by atoms with Crippen molar-refractivity contribution in [3.8, 4) is 0 Å². The second-order valence-corrected chi connectivity index (χ2v) is 5.40. The van der Waals surface area contributed by atoms with Crippen LogP contribution < -0.4 is 5.32 Å². The lowest BCUT2D eigenvalue weighted by atomic mass is 10.2. The number of hydrogen-bond donors (Lipinski definition) is 2. The van der Waals surface area contributed by atoms with E-state index in [0.29, 0.717) is 32.8 Å². The Kier molecular flexibility index (Phi) is 8.07. The van der Waals surface area contributed by atoms with Gasteiger partial charge < -0.3 is 24.8 Å². The molecule has 2 N–H and O–H groups in total. The minimum atomic E-state index is -0.910. The van der Waals surface area contributed by atoms with Gasteiger partial charge in [-0.2, -0.15) is 0 Å². The number of carbonyl (C=O) groups excluding carboxylic acids is 1. The summed E-state index contributed by atoms with van der Waals surface area (Å²) in [5.74, 6) is -0.910. The maximum absolute atomic E-state index is 12.0. The molecule has 0 aromatic carbocycles. The summed E-state index contributed by atoms with van der Waals surface area (Å²) >= 11 is 0. The first-order valence-electron chi connectivity index (χ1n) is 7.46. The van der Waals surface area contributed by atoms with E-state index in [9.17, 15) is 9.59 Å². The number of nitrogens with zero attached hydrogens (tertiary/aromatic N) is 1. The summed E-state index contributed by atoms with van der Waals surface area (Å²) in [4.78, 5) is 24.2. The molecule has 0 bridgehead atoms. The molecule has 7 nitrogen and oxygen atoms in total. The predicted molar refractivity (Wildman–Crippen MR) is 77.3 cm³/mol. The third kappa shape index (κ3) is 7.87. The lowest BCUT2D eigenvalue weighted by Gasteiger charge is -2.32. The van der Waals surface area contributed by atoms with Crippen LogP contribution in [0.3, 0.4) is 0 Å². The first-order chi connectivity index (χ1) is 9.99. The van der Waals surface area contributed by atoms with Crippen molar-refractivity contribution in [3.63, 3.8) is 0 Å². The SMILES string of the molecule is CC(C)OCCCCNC(=O)N1CCOC(CC(=O)O)C1. The average Bonchev–Trinajstić information content (AvgIpc) is 2.41. The van der Waals surface area contributed by atoms with Crippen LogP contribution in [-0.2, 0) is 14.3 Å². The highest BCUT2D eigenvalue weighted by molar-refractivity contribution is 5.74. The second kappa shape index (κ2) is 9.57. The summed E-state index contributed by atoms with van der Waals surface area (Å²) in [5, 5.41) is 11.6. The largest absolute Gasteiger partial charge is 0.481 e. The summed E-state index contributed by atoms with van der Waals surface area (Å²) in [6, 6.07) is -0.154. The third-order valence-corrected chi connectivity index (χ3v) is 3.13. The van der Waals surface area contributed by atoms with Crippen LogP contribution in [0.1, 0.15) is 33.1 Å². The number of amides is 2. The Morgan fingerprint density at radius 3 is 2.86 bits per heavy atom. The van der Waals surface area contributed by atoms with E-state index in [2.05, 4.69) is 5.32 Å². The van der Waals surface area contributed by atoms with Gasteiger partial charge in [0.15, 0.2) is 0 Å². The van der Waals surface area contributed by atoms with Crippen molar-refractivity contribution in [2.45, 2.75) is 45.3 Å². The molecular weight excluding hydrogens is 276 g/mol. The molecule has 0 aliphatic carbocycles. The highest BCUT2D eigenvalue weighted by Crippen LogP contribution is 2.08. The molecule has 122 valence electrons. The molecule has 0 aromatic rings. The summed E-state index contributed by atoms with van der Waals surface area (Å²) in [5.41, 5.74) is 0. The van der Waals surface area contributed by atoms with E-state index in [0.717, 1.165) is 12.8 Å². The van der Waals surface area contributed by atoms with Crippen LogP contribution in [0.4, 0.5) is 4.79 Å².